The van der Waals surface area contributed by atoms with Gasteiger partial charge in [-0.15, -0.1) is 0 Å². The van der Waals surface area contributed by atoms with Crippen LogP contribution in [0, 0.1) is 0 Å². The zero-order valence-electron chi connectivity index (χ0n) is 12.0. The van der Waals surface area contributed by atoms with Crippen LogP contribution in [0.25, 0.3) is 0 Å². The van der Waals surface area contributed by atoms with Crippen LogP contribution in [0.2, 0.25) is 0 Å². The summed E-state index contributed by atoms with van der Waals surface area (Å²) in [7, 11) is 0. The molecule has 0 aliphatic carbocycles. The van der Waals surface area contributed by atoms with Crippen molar-refractivity contribution in [1.82, 2.24) is 0 Å². The molecule has 0 amide bonds. The summed E-state index contributed by atoms with van der Waals surface area (Å²) in [5.74, 6) is -1.82. The van der Waals surface area contributed by atoms with Crippen molar-refractivity contribution >= 4 is 11.9 Å². The molecule has 1 N–H and O–H groups in total. The fourth-order valence-corrected chi connectivity index (χ4v) is 0.679. The van der Waals surface area contributed by atoms with Crippen LogP contribution in [0.15, 0.2) is 0 Å². The Kier molecular flexibility index (Phi) is 4.91. The third-order valence-corrected chi connectivity index (χ3v) is 1.86. The summed E-state index contributed by atoms with van der Waals surface area (Å²) in [6, 6.07) is 0. The van der Waals surface area contributed by atoms with Crippen molar-refractivity contribution in [1.29, 1.82) is 0 Å². The number of carboxylic acids is 1. The number of ether oxygens (including phenoxy) is 1. The highest BCUT2D eigenvalue weighted by molar-refractivity contribution is 5.79. The number of esters is 1. The quantitative estimate of drug-likeness (QED) is 0.463. The molecule has 6 nitrogen and oxygen atoms in total. The lowest BCUT2D eigenvalue weighted by molar-refractivity contribution is -0.387. The Labute approximate surface area is 107 Å². The Morgan fingerprint density at radius 2 is 1.22 bits per heavy atom. The number of carbonyl (C=O) groups is 2. The van der Waals surface area contributed by atoms with Gasteiger partial charge < -0.3 is 9.84 Å². The van der Waals surface area contributed by atoms with E-state index in [1.807, 2.05) is 0 Å². The van der Waals surface area contributed by atoms with Gasteiger partial charge in [0.05, 0.1) is 0 Å². The van der Waals surface area contributed by atoms with E-state index in [0.717, 1.165) is 0 Å². The van der Waals surface area contributed by atoms with E-state index in [2.05, 4.69) is 0 Å². The fourth-order valence-electron chi connectivity index (χ4n) is 0.679. The molecule has 0 spiro atoms. The molecule has 0 aliphatic heterocycles. The van der Waals surface area contributed by atoms with E-state index in [9.17, 15) is 9.59 Å². The number of carbonyl (C=O) groups excluding carboxylic acids is 1. The SMILES string of the molecule is CC(C)(C)OC(=O)C(C)(C)OOC(C)(C)C(=O)O. The summed E-state index contributed by atoms with van der Waals surface area (Å²) in [4.78, 5) is 32.3. The van der Waals surface area contributed by atoms with Crippen LogP contribution in [0.5, 0.6) is 0 Å². The lowest BCUT2D eigenvalue weighted by Gasteiger charge is -2.29. The second kappa shape index (κ2) is 5.24. The molecule has 106 valence electrons. The van der Waals surface area contributed by atoms with Crippen LogP contribution >= 0.6 is 0 Å². The highest BCUT2D eigenvalue weighted by atomic mass is 17.2. The molecule has 0 unspecified atom stereocenters. The first kappa shape index (κ1) is 16.9. The highest BCUT2D eigenvalue weighted by Crippen LogP contribution is 2.21. The molecule has 0 atom stereocenters. The molecule has 0 aliphatic rings. The molecule has 18 heavy (non-hydrogen) atoms. The fraction of sp³-hybridized carbons (Fsp3) is 0.833. The van der Waals surface area contributed by atoms with Crippen molar-refractivity contribution in [3.8, 4) is 0 Å². The maximum atomic E-state index is 11.8. The second-order valence-corrected chi connectivity index (χ2v) is 5.99. The molecule has 0 aromatic rings. The molecule has 0 radical (unpaired) electrons. The van der Waals surface area contributed by atoms with Gasteiger partial charge in [0.25, 0.3) is 0 Å². The molecule has 6 heteroatoms. The van der Waals surface area contributed by atoms with Crippen molar-refractivity contribution in [3.63, 3.8) is 0 Å². The number of hydrogen-bond donors (Lipinski definition) is 1. The number of aliphatic carboxylic acids is 1. The highest BCUT2D eigenvalue weighted by Gasteiger charge is 2.39. The molecule has 0 saturated heterocycles. The van der Waals surface area contributed by atoms with E-state index in [1.165, 1.54) is 27.7 Å². The number of rotatable bonds is 5. The minimum atomic E-state index is -1.54. The summed E-state index contributed by atoms with van der Waals surface area (Å²) < 4.78 is 5.14. The molecular formula is C12H22O6. The average Bonchev–Trinajstić information content (AvgIpc) is 2.12. The van der Waals surface area contributed by atoms with Gasteiger partial charge in [0.2, 0.25) is 0 Å². The summed E-state index contributed by atoms with van der Waals surface area (Å²) in [6.45, 7) is 10.7. The van der Waals surface area contributed by atoms with Gasteiger partial charge in [-0.05, 0) is 48.5 Å². The zero-order chi connectivity index (χ0) is 14.8. The maximum absolute atomic E-state index is 11.8. The van der Waals surface area contributed by atoms with Crippen LogP contribution in [-0.2, 0) is 24.1 Å². The minimum Gasteiger partial charge on any atom is -0.479 e. The molecule has 0 rings (SSSR count). The summed E-state index contributed by atoms with van der Waals surface area (Å²) in [6.07, 6.45) is 0. The molecule has 0 aromatic heterocycles. The van der Waals surface area contributed by atoms with E-state index < -0.39 is 28.7 Å². The Bertz CT molecular complexity index is 324. The topological polar surface area (TPSA) is 82.1 Å². The molecule has 0 heterocycles. The molecule has 0 aromatic carbocycles. The van der Waals surface area contributed by atoms with E-state index in [1.54, 1.807) is 20.8 Å². The van der Waals surface area contributed by atoms with Crippen molar-refractivity contribution < 1.29 is 29.2 Å². The van der Waals surface area contributed by atoms with Crippen LogP contribution in [0.3, 0.4) is 0 Å². The first-order valence-corrected chi connectivity index (χ1v) is 5.62. The van der Waals surface area contributed by atoms with Gasteiger partial charge in [-0.2, -0.15) is 0 Å². The summed E-state index contributed by atoms with van der Waals surface area (Å²) in [5, 5.41) is 8.84. The van der Waals surface area contributed by atoms with E-state index in [-0.39, 0.29) is 0 Å². The number of carboxylic acid groups (broad SMARTS) is 1. The van der Waals surface area contributed by atoms with Crippen LogP contribution in [-0.4, -0.2) is 33.8 Å². The normalized spacial score (nSPS) is 13.3. The van der Waals surface area contributed by atoms with Crippen molar-refractivity contribution in [3.05, 3.63) is 0 Å². The Hall–Kier alpha value is -1.14. The van der Waals surface area contributed by atoms with Gasteiger partial charge in [0.1, 0.15) is 5.60 Å². The monoisotopic (exact) mass is 262 g/mol. The molecule has 0 saturated carbocycles. The molecular weight excluding hydrogens is 240 g/mol. The zero-order valence-corrected chi connectivity index (χ0v) is 12.0. The minimum absolute atomic E-state index is 0.629. The molecule has 0 bridgehead atoms. The third kappa shape index (κ3) is 5.46. The van der Waals surface area contributed by atoms with Gasteiger partial charge >= 0.3 is 11.9 Å². The second-order valence-electron chi connectivity index (χ2n) is 5.99. The first-order chi connectivity index (χ1) is 7.78. The lowest BCUT2D eigenvalue weighted by Crippen LogP contribution is -2.44. The Balaban J connectivity index is 4.58. The number of hydrogen-bond acceptors (Lipinski definition) is 5. The van der Waals surface area contributed by atoms with Crippen LogP contribution in [0.1, 0.15) is 48.5 Å². The van der Waals surface area contributed by atoms with Gasteiger partial charge in [-0.3, -0.25) is 0 Å². The van der Waals surface area contributed by atoms with Crippen molar-refractivity contribution in [2.24, 2.45) is 0 Å². The van der Waals surface area contributed by atoms with Gasteiger partial charge in [-0.1, -0.05) is 0 Å². The van der Waals surface area contributed by atoms with Crippen LogP contribution in [0.4, 0.5) is 0 Å². The maximum Gasteiger partial charge on any atom is 0.341 e. The lowest BCUT2D eigenvalue weighted by atomic mass is 10.1. The first-order valence-electron chi connectivity index (χ1n) is 5.62. The van der Waals surface area contributed by atoms with Gasteiger partial charge in [-0.25, -0.2) is 19.4 Å². The Morgan fingerprint density at radius 1 is 0.833 bits per heavy atom. The largest absolute Gasteiger partial charge is 0.479 e. The standard InChI is InChI=1S/C12H22O6/c1-10(2,3)16-9(15)12(6,7)18-17-11(4,5)8(13)14/h1-7H3,(H,13,14). The predicted octanol–water partition coefficient (Wildman–Crippen LogP) is 1.92. The molecule has 0 fully saturated rings. The summed E-state index contributed by atoms with van der Waals surface area (Å²) in [5.41, 5.74) is -3.58. The smallest absolute Gasteiger partial charge is 0.341 e. The van der Waals surface area contributed by atoms with Crippen LogP contribution < -0.4 is 0 Å². The Morgan fingerprint density at radius 3 is 1.56 bits per heavy atom. The van der Waals surface area contributed by atoms with E-state index in [4.69, 9.17) is 19.6 Å². The summed E-state index contributed by atoms with van der Waals surface area (Å²) >= 11 is 0. The van der Waals surface area contributed by atoms with E-state index >= 15 is 0 Å². The van der Waals surface area contributed by atoms with Crippen molar-refractivity contribution in [2.45, 2.75) is 65.3 Å². The van der Waals surface area contributed by atoms with Gasteiger partial charge in [0.15, 0.2) is 11.2 Å². The average molecular weight is 262 g/mol. The van der Waals surface area contributed by atoms with Crippen molar-refractivity contribution in [2.75, 3.05) is 0 Å². The third-order valence-electron chi connectivity index (χ3n) is 1.86. The predicted molar refractivity (Wildman–Crippen MR) is 63.8 cm³/mol. The van der Waals surface area contributed by atoms with Gasteiger partial charge in [0, 0.05) is 0 Å². The van der Waals surface area contributed by atoms with E-state index in [0.29, 0.717) is 0 Å².